The van der Waals surface area contributed by atoms with Gasteiger partial charge in [-0.05, 0) is 90.6 Å². The number of tetrazole rings is 1. The number of nitrogens with one attached hydrogen (secondary N) is 1. The number of aryl methyl sites for hydroxylation is 6. The Labute approximate surface area is 240 Å². The first-order chi connectivity index (χ1) is 19.9. The maximum Gasteiger partial charge on any atom is 0.253 e. The molecular formula is C33H37N7O. The Kier molecular flexibility index (Phi) is 7.41. The van der Waals surface area contributed by atoms with Crippen LogP contribution in [-0.2, 0) is 13.0 Å². The van der Waals surface area contributed by atoms with Gasteiger partial charge in [0.15, 0.2) is 5.82 Å². The molecule has 1 aliphatic heterocycles. The SMILES string of the molecule is Cc1ccc(C)c(N2CCN([C@H](c3cc4c(C)cc(C)cc4[nH]c3=O)c3nnnn3CCc3ccccc3)CC2)c1. The van der Waals surface area contributed by atoms with Gasteiger partial charge in [0, 0.05) is 54.9 Å². The molecule has 0 saturated carbocycles. The number of rotatable bonds is 7. The van der Waals surface area contributed by atoms with Gasteiger partial charge in [0.25, 0.3) is 5.56 Å². The van der Waals surface area contributed by atoms with Crippen molar-refractivity contribution < 1.29 is 0 Å². The summed E-state index contributed by atoms with van der Waals surface area (Å²) in [6, 6.07) is 22.9. The van der Waals surface area contributed by atoms with Crippen molar-refractivity contribution in [3.63, 3.8) is 0 Å². The summed E-state index contributed by atoms with van der Waals surface area (Å²) in [5.41, 5.74) is 8.76. The van der Waals surface area contributed by atoms with Crippen molar-refractivity contribution >= 4 is 16.6 Å². The molecule has 6 rings (SSSR count). The molecule has 5 aromatic rings. The minimum atomic E-state index is -0.365. The Balaban J connectivity index is 1.37. The van der Waals surface area contributed by atoms with Crippen LogP contribution in [0.1, 0.15) is 45.2 Å². The molecule has 0 spiro atoms. The summed E-state index contributed by atoms with van der Waals surface area (Å²) in [5.74, 6) is 0.704. The molecule has 0 bridgehead atoms. The van der Waals surface area contributed by atoms with Crippen LogP contribution >= 0.6 is 0 Å². The van der Waals surface area contributed by atoms with E-state index in [9.17, 15) is 4.79 Å². The van der Waals surface area contributed by atoms with E-state index in [4.69, 9.17) is 0 Å². The van der Waals surface area contributed by atoms with Crippen molar-refractivity contribution in [2.24, 2.45) is 0 Å². The second-order valence-electron chi connectivity index (χ2n) is 11.3. The fourth-order valence-electron chi connectivity index (χ4n) is 6.12. The molecule has 8 nitrogen and oxygen atoms in total. The van der Waals surface area contributed by atoms with Crippen LogP contribution in [0.2, 0.25) is 0 Å². The first kappa shape index (κ1) is 26.9. The topological polar surface area (TPSA) is 82.9 Å². The minimum Gasteiger partial charge on any atom is -0.369 e. The second-order valence-corrected chi connectivity index (χ2v) is 11.3. The molecule has 0 aliphatic carbocycles. The molecule has 1 fully saturated rings. The minimum absolute atomic E-state index is 0.0953. The number of aromatic nitrogens is 5. The molecule has 0 unspecified atom stereocenters. The summed E-state index contributed by atoms with van der Waals surface area (Å²) in [5, 5.41) is 14.1. The number of hydrogen-bond donors (Lipinski definition) is 1. The summed E-state index contributed by atoms with van der Waals surface area (Å²) in [4.78, 5) is 21.7. The Morgan fingerprint density at radius 3 is 2.41 bits per heavy atom. The van der Waals surface area contributed by atoms with Crippen molar-refractivity contribution in [2.45, 2.75) is 46.7 Å². The molecule has 1 saturated heterocycles. The fraction of sp³-hybridized carbons (Fsp3) is 0.333. The van der Waals surface area contributed by atoms with Gasteiger partial charge in [-0.2, -0.15) is 0 Å². The Morgan fingerprint density at radius 2 is 1.63 bits per heavy atom. The molecule has 41 heavy (non-hydrogen) atoms. The molecule has 0 radical (unpaired) electrons. The summed E-state index contributed by atoms with van der Waals surface area (Å²) in [6.07, 6.45) is 0.804. The summed E-state index contributed by atoms with van der Waals surface area (Å²) in [7, 11) is 0. The number of pyridine rings is 1. The lowest BCUT2D eigenvalue weighted by atomic mass is 9.99. The molecular weight excluding hydrogens is 510 g/mol. The molecule has 3 aromatic carbocycles. The predicted octanol–water partition coefficient (Wildman–Crippen LogP) is 4.90. The highest BCUT2D eigenvalue weighted by Gasteiger charge is 2.33. The van der Waals surface area contributed by atoms with E-state index in [1.807, 2.05) is 28.9 Å². The van der Waals surface area contributed by atoms with E-state index in [1.54, 1.807) is 0 Å². The highest BCUT2D eigenvalue weighted by Crippen LogP contribution is 2.31. The van der Waals surface area contributed by atoms with Crippen LogP contribution in [-0.4, -0.2) is 56.3 Å². The van der Waals surface area contributed by atoms with Crippen molar-refractivity contribution in [3.8, 4) is 0 Å². The molecule has 8 heteroatoms. The van der Waals surface area contributed by atoms with Crippen LogP contribution in [0.4, 0.5) is 5.69 Å². The van der Waals surface area contributed by atoms with E-state index in [1.165, 1.54) is 22.4 Å². The molecule has 3 heterocycles. The molecule has 1 atom stereocenters. The normalized spacial score (nSPS) is 15.0. The van der Waals surface area contributed by atoms with Gasteiger partial charge in [0.05, 0.1) is 0 Å². The molecule has 1 aliphatic rings. The van der Waals surface area contributed by atoms with Crippen LogP contribution in [0.3, 0.4) is 0 Å². The molecule has 1 N–H and O–H groups in total. The number of hydrogen-bond acceptors (Lipinski definition) is 6. The van der Waals surface area contributed by atoms with Crippen molar-refractivity contribution in [2.75, 3.05) is 31.1 Å². The summed E-state index contributed by atoms with van der Waals surface area (Å²) < 4.78 is 1.88. The number of nitrogens with zero attached hydrogens (tertiary/aromatic N) is 6. The Bertz CT molecular complexity index is 1730. The van der Waals surface area contributed by atoms with Gasteiger partial charge in [-0.1, -0.05) is 48.5 Å². The van der Waals surface area contributed by atoms with Gasteiger partial charge >= 0.3 is 0 Å². The van der Waals surface area contributed by atoms with E-state index in [0.717, 1.165) is 54.6 Å². The van der Waals surface area contributed by atoms with Crippen molar-refractivity contribution in [1.82, 2.24) is 30.1 Å². The lowest BCUT2D eigenvalue weighted by molar-refractivity contribution is 0.199. The van der Waals surface area contributed by atoms with Gasteiger partial charge < -0.3 is 9.88 Å². The third kappa shape index (κ3) is 5.52. The average molecular weight is 548 g/mol. The monoisotopic (exact) mass is 547 g/mol. The van der Waals surface area contributed by atoms with Crippen LogP contribution in [0.25, 0.3) is 10.9 Å². The van der Waals surface area contributed by atoms with E-state index >= 15 is 0 Å². The Morgan fingerprint density at radius 1 is 0.854 bits per heavy atom. The largest absolute Gasteiger partial charge is 0.369 e. The predicted molar refractivity (Wildman–Crippen MR) is 164 cm³/mol. The zero-order chi connectivity index (χ0) is 28.5. The third-order valence-electron chi connectivity index (χ3n) is 8.28. The number of benzene rings is 3. The van der Waals surface area contributed by atoms with Crippen LogP contribution < -0.4 is 10.5 Å². The third-order valence-corrected chi connectivity index (χ3v) is 8.28. The van der Waals surface area contributed by atoms with Crippen LogP contribution in [0, 0.1) is 27.7 Å². The van der Waals surface area contributed by atoms with Crippen molar-refractivity contribution in [1.29, 1.82) is 0 Å². The second kappa shape index (κ2) is 11.3. The first-order valence-electron chi connectivity index (χ1n) is 14.4. The van der Waals surface area contributed by atoms with Crippen LogP contribution in [0.15, 0.2) is 71.5 Å². The highest BCUT2D eigenvalue weighted by atomic mass is 16.1. The van der Waals surface area contributed by atoms with Gasteiger partial charge in [-0.15, -0.1) is 5.10 Å². The maximum absolute atomic E-state index is 13.7. The first-order valence-corrected chi connectivity index (χ1v) is 14.4. The summed E-state index contributed by atoms with van der Waals surface area (Å²) >= 11 is 0. The zero-order valence-corrected chi connectivity index (χ0v) is 24.3. The number of anilines is 1. The zero-order valence-electron chi connectivity index (χ0n) is 24.3. The number of H-pyrrole nitrogens is 1. The number of aromatic amines is 1. The van der Waals surface area contributed by atoms with E-state index < -0.39 is 0 Å². The molecule has 210 valence electrons. The van der Waals surface area contributed by atoms with E-state index in [0.29, 0.717) is 17.9 Å². The Hall–Kier alpha value is -4.30. The quantitative estimate of drug-likeness (QED) is 0.312. The molecule has 2 aromatic heterocycles. The number of piperazine rings is 1. The standard InChI is InChI=1S/C33H37N7O/c1-22-10-11-24(3)30(20-22)38-14-16-39(17-15-38)31(28-21-27-25(4)18-23(2)19-29(27)34-33(28)41)32-35-36-37-40(32)13-12-26-8-6-5-7-9-26/h5-11,18-21,31H,12-17H2,1-4H3,(H,34,41)/t31-/m1/s1. The average Bonchev–Trinajstić information content (AvgIpc) is 3.43. The van der Waals surface area contributed by atoms with Gasteiger partial charge in [-0.3, -0.25) is 9.69 Å². The smallest absolute Gasteiger partial charge is 0.253 e. The van der Waals surface area contributed by atoms with E-state index in [-0.39, 0.29) is 11.6 Å². The lowest BCUT2D eigenvalue weighted by Gasteiger charge is -2.40. The van der Waals surface area contributed by atoms with Gasteiger partial charge in [0.2, 0.25) is 0 Å². The maximum atomic E-state index is 13.7. The lowest BCUT2D eigenvalue weighted by Crippen LogP contribution is -2.49. The highest BCUT2D eigenvalue weighted by molar-refractivity contribution is 5.83. The summed E-state index contributed by atoms with van der Waals surface area (Å²) in [6.45, 7) is 12.4. The van der Waals surface area contributed by atoms with E-state index in [2.05, 4.69) is 100 Å². The van der Waals surface area contributed by atoms with Gasteiger partial charge in [0.1, 0.15) is 6.04 Å². The van der Waals surface area contributed by atoms with Crippen molar-refractivity contribution in [3.05, 3.63) is 116 Å². The van der Waals surface area contributed by atoms with Crippen LogP contribution in [0.5, 0.6) is 0 Å². The fourth-order valence-corrected chi connectivity index (χ4v) is 6.12. The number of fused-ring (bicyclic) bond motifs is 1. The molecule has 0 amide bonds. The van der Waals surface area contributed by atoms with Gasteiger partial charge in [-0.25, -0.2) is 4.68 Å².